The Bertz CT molecular complexity index is 836. The minimum Gasteiger partial charge on any atom is -0.487 e. The molecule has 1 aromatic rings. The number of ether oxygens (including phenoxy) is 2. The van der Waals surface area contributed by atoms with Crippen molar-refractivity contribution in [1.29, 1.82) is 0 Å². The number of rotatable bonds is 6. The molecule has 0 aromatic heterocycles. The lowest BCUT2D eigenvalue weighted by Crippen LogP contribution is -2.50. The van der Waals surface area contributed by atoms with Crippen molar-refractivity contribution in [2.24, 2.45) is 41.4 Å². The molecule has 9 aliphatic rings. The van der Waals surface area contributed by atoms with E-state index in [0.717, 1.165) is 42.1 Å². The molecule has 9 fully saturated rings. The van der Waals surface area contributed by atoms with Gasteiger partial charge in [0, 0.05) is 0 Å². The Hall–Kier alpha value is -1.02. The Morgan fingerprint density at radius 1 is 0.676 bits per heavy atom. The summed E-state index contributed by atoms with van der Waals surface area (Å²) < 4.78 is 12.6. The van der Waals surface area contributed by atoms with Crippen molar-refractivity contribution in [1.82, 2.24) is 0 Å². The van der Waals surface area contributed by atoms with Crippen molar-refractivity contribution in [3.63, 3.8) is 0 Å². The first-order chi connectivity index (χ1) is 16.5. The summed E-state index contributed by atoms with van der Waals surface area (Å²) in [5, 5.41) is 0. The van der Waals surface area contributed by atoms with Crippen molar-refractivity contribution in [3.05, 3.63) is 29.3 Å². The Morgan fingerprint density at radius 2 is 1.06 bits per heavy atom. The van der Waals surface area contributed by atoms with Crippen LogP contribution in [-0.2, 0) is 15.6 Å². The number of benzene rings is 1. The van der Waals surface area contributed by atoms with Gasteiger partial charge in [0.1, 0.15) is 18.0 Å². The van der Waals surface area contributed by atoms with E-state index in [9.17, 15) is 0 Å². The van der Waals surface area contributed by atoms with E-state index >= 15 is 0 Å². The lowest BCUT2D eigenvalue weighted by Gasteiger charge is -2.58. The lowest BCUT2D eigenvalue weighted by atomic mass is 9.46. The summed E-state index contributed by atoms with van der Waals surface area (Å²) in [4.78, 5) is 0. The third-order valence-electron chi connectivity index (χ3n) is 11.9. The zero-order chi connectivity index (χ0) is 22.7. The lowest BCUT2D eigenvalue weighted by molar-refractivity contribution is -0.00874. The highest BCUT2D eigenvalue weighted by atomic mass is 16.6. The molecular formula is C32H44O2. The second-order valence-corrected chi connectivity index (χ2v) is 14.8. The average Bonchev–Trinajstić information content (AvgIpc) is 3.60. The first-order valence-electron chi connectivity index (χ1n) is 14.9. The minimum atomic E-state index is 0.191. The molecule has 2 atom stereocenters. The van der Waals surface area contributed by atoms with E-state index < -0.39 is 0 Å². The van der Waals surface area contributed by atoms with Crippen LogP contribution in [0.2, 0.25) is 0 Å². The molecule has 8 saturated carbocycles. The van der Waals surface area contributed by atoms with E-state index in [4.69, 9.17) is 9.47 Å². The topological polar surface area (TPSA) is 21.8 Å². The van der Waals surface area contributed by atoms with E-state index in [2.05, 4.69) is 32.0 Å². The molecule has 8 bridgehead atoms. The molecule has 184 valence electrons. The molecule has 2 unspecified atom stereocenters. The Balaban J connectivity index is 1.22. The summed E-state index contributed by atoms with van der Waals surface area (Å²) in [6.07, 6.45) is 18.3. The summed E-state index contributed by atoms with van der Waals surface area (Å²) in [6, 6.07) is 7.80. The van der Waals surface area contributed by atoms with Crippen LogP contribution in [0.4, 0.5) is 0 Å². The molecule has 1 heterocycles. The number of epoxide rings is 1. The smallest absolute Gasteiger partial charge is 0.129 e. The maximum atomic E-state index is 6.88. The van der Waals surface area contributed by atoms with Gasteiger partial charge in [0.15, 0.2) is 0 Å². The van der Waals surface area contributed by atoms with Crippen LogP contribution in [0.5, 0.6) is 5.75 Å². The Kier molecular flexibility index (Phi) is 4.51. The maximum absolute atomic E-state index is 6.88. The van der Waals surface area contributed by atoms with Gasteiger partial charge in [-0.05, 0) is 153 Å². The minimum absolute atomic E-state index is 0.191. The second kappa shape index (κ2) is 7.27. The summed E-state index contributed by atoms with van der Waals surface area (Å²) in [5.74, 6) is 7.59. The molecule has 0 radical (unpaired) electrons. The molecule has 0 spiro atoms. The van der Waals surface area contributed by atoms with Crippen LogP contribution in [0.3, 0.4) is 0 Å². The fourth-order valence-corrected chi connectivity index (χ4v) is 11.3. The van der Waals surface area contributed by atoms with Gasteiger partial charge in [0.2, 0.25) is 0 Å². The van der Waals surface area contributed by atoms with Gasteiger partial charge in [-0.25, -0.2) is 0 Å². The molecule has 1 aliphatic heterocycles. The first kappa shape index (κ1) is 21.1. The molecule has 8 aliphatic carbocycles. The van der Waals surface area contributed by atoms with Gasteiger partial charge in [-0.2, -0.15) is 0 Å². The van der Waals surface area contributed by atoms with E-state index in [0.29, 0.717) is 22.9 Å². The van der Waals surface area contributed by atoms with Gasteiger partial charge in [-0.15, -0.1) is 0 Å². The van der Waals surface area contributed by atoms with Gasteiger partial charge < -0.3 is 9.47 Å². The summed E-state index contributed by atoms with van der Waals surface area (Å²) in [5.41, 5.74) is 4.23. The van der Waals surface area contributed by atoms with Crippen molar-refractivity contribution in [2.45, 2.75) is 114 Å². The predicted molar refractivity (Wildman–Crippen MR) is 135 cm³/mol. The first-order valence-corrected chi connectivity index (χ1v) is 14.9. The Morgan fingerprint density at radius 3 is 1.38 bits per heavy atom. The molecule has 2 heteroatoms. The Labute approximate surface area is 206 Å². The monoisotopic (exact) mass is 460 g/mol. The van der Waals surface area contributed by atoms with Crippen molar-refractivity contribution in [3.8, 4) is 5.75 Å². The number of hydrogen-bond acceptors (Lipinski definition) is 2. The van der Waals surface area contributed by atoms with Crippen LogP contribution in [0.25, 0.3) is 0 Å². The highest BCUT2D eigenvalue weighted by Crippen LogP contribution is 2.63. The SMILES string of the molecule is CC(C)C(Oc1cc(C23CC4CC(CC(C4)C2)C3)cc(C23CC4CC(CC(C4)C2)C3)c1)C1CO1. The van der Waals surface area contributed by atoms with Crippen LogP contribution < -0.4 is 4.74 Å². The molecule has 34 heavy (non-hydrogen) atoms. The predicted octanol–water partition coefficient (Wildman–Crippen LogP) is 7.42. The third kappa shape index (κ3) is 3.29. The number of hydrogen-bond donors (Lipinski definition) is 0. The summed E-state index contributed by atoms with van der Waals surface area (Å²) in [6.45, 7) is 5.48. The van der Waals surface area contributed by atoms with Crippen molar-refractivity contribution >= 4 is 0 Å². The fraction of sp³-hybridized carbons (Fsp3) is 0.812. The molecule has 2 nitrogen and oxygen atoms in total. The molecule has 1 aromatic carbocycles. The quantitative estimate of drug-likeness (QED) is 0.412. The maximum Gasteiger partial charge on any atom is 0.129 e. The zero-order valence-electron chi connectivity index (χ0n) is 21.4. The van der Waals surface area contributed by atoms with Gasteiger partial charge in [0.05, 0.1) is 6.61 Å². The molecule has 0 amide bonds. The molecule has 1 saturated heterocycles. The highest BCUT2D eigenvalue weighted by Gasteiger charge is 2.54. The van der Waals surface area contributed by atoms with Gasteiger partial charge in [-0.1, -0.05) is 19.9 Å². The molecule has 10 rings (SSSR count). The molecular weight excluding hydrogens is 416 g/mol. The van der Waals surface area contributed by atoms with Crippen LogP contribution in [0.15, 0.2) is 18.2 Å². The van der Waals surface area contributed by atoms with Crippen molar-refractivity contribution < 1.29 is 9.47 Å². The van der Waals surface area contributed by atoms with Crippen molar-refractivity contribution in [2.75, 3.05) is 6.61 Å². The fourth-order valence-electron chi connectivity index (χ4n) is 11.3. The summed E-state index contributed by atoms with van der Waals surface area (Å²) >= 11 is 0. The van der Waals surface area contributed by atoms with Gasteiger partial charge >= 0.3 is 0 Å². The van der Waals surface area contributed by atoms with Crippen LogP contribution in [0.1, 0.15) is 102 Å². The largest absolute Gasteiger partial charge is 0.487 e. The van der Waals surface area contributed by atoms with E-state index in [-0.39, 0.29) is 6.10 Å². The van der Waals surface area contributed by atoms with Crippen LogP contribution in [-0.4, -0.2) is 18.8 Å². The van der Waals surface area contributed by atoms with Crippen LogP contribution >= 0.6 is 0 Å². The molecule has 0 N–H and O–H groups in total. The third-order valence-corrected chi connectivity index (χ3v) is 11.9. The van der Waals surface area contributed by atoms with Crippen LogP contribution in [0, 0.1) is 41.4 Å². The summed E-state index contributed by atoms with van der Waals surface area (Å²) in [7, 11) is 0. The zero-order valence-corrected chi connectivity index (χ0v) is 21.4. The van der Waals surface area contributed by atoms with E-state index in [1.807, 2.05) is 0 Å². The van der Waals surface area contributed by atoms with Gasteiger partial charge in [-0.3, -0.25) is 0 Å². The van der Waals surface area contributed by atoms with E-state index in [1.165, 1.54) is 82.8 Å². The van der Waals surface area contributed by atoms with E-state index in [1.54, 1.807) is 11.1 Å². The standard InChI is InChI=1S/C32H44O2/c1-19(2)30(29-18-33-29)34-28-10-26(31-12-20-3-21(13-31)5-22(4-20)14-31)9-27(11-28)32-15-23-6-24(16-32)8-25(7-23)17-32/h9-11,19-25,29-30H,3-8,12-18H2,1-2H3. The highest BCUT2D eigenvalue weighted by molar-refractivity contribution is 5.44. The average molecular weight is 461 g/mol. The van der Waals surface area contributed by atoms with Gasteiger partial charge in [0.25, 0.3) is 0 Å². The second-order valence-electron chi connectivity index (χ2n) is 14.8. The normalized spacial score (nSPS) is 48.5.